The molecule has 1 amide bonds. The van der Waals surface area contributed by atoms with Crippen LogP contribution in [0.1, 0.15) is 18.5 Å². The molecule has 0 fully saturated rings. The SMILES string of the molecule is CC(NS(=O)(=O)c1cccc(-n2cnnn2)c1)c1ccc2c(c1)NC(=O)CO2. The molecular formula is C17H16N6O4S. The van der Waals surface area contributed by atoms with Crippen molar-refractivity contribution < 1.29 is 17.9 Å². The molecule has 0 radical (unpaired) electrons. The highest BCUT2D eigenvalue weighted by Crippen LogP contribution is 2.31. The van der Waals surface area contributed by atoms with E-state index >= 15 is 0 Å². The number of tetrazole rings is 1. The first-order valence-corrected chi connectivity index (χ1v) is 9.83. The van der Waals surface area contributed by atoms with Crippen LogP contribution >= 0.6 is 0 Å². The van der Waals surface area contributed by atoms with E-state index in [1.165, 1.54) is 23.1 Å². The minimum absolute atomic E-state index is 0.0356. The smallest absolute Gasteiger partial charge is 0.262 e. The number of nitrogens with zero attached hydrogens (tertiary/aromatic N) is 4. The number of carbonyl (C=O) groups excluding carboxylic acids is 1. The van der Waals surface area contributed by atoms with Crippen molar-refractivity contribution in [2.45, 2.75) is 17.9 Å². The van der Waals surface area contributed by atoms with Gasteiger partial charge in [-0.15, -0.1) is 5.10 Å². The average molecular weight is 400 g/mol. The lowest BCUT2D eigenvalue weighted by Crippen LogP contribution is -2.28. The Kier molecular flexibility index (Phi) is 4.53. The Morgan fingerprint density at radius 1 is 1.25 bits per heavy atom. The molecule has 1 unspecified atom stereocenters. The third-order valence-corrected chi connectivity index (χ3v) is 5.75. The molecule has 1 aliphatic heterocycles. The molecule has 1 atom stereocenters. The van der Waals surface area contributed by atoms with Crippen molar-refractivity contribution in [3.05, 3.63) is 54.4 Å². The van der Waals surface area contributed by atoms with Crippen molar-refractivity contribution >= 4 is 21.6 Å². The zero-order valence-electron chi connectivity index (χ0n) is 14.7. The van der Waals surface area contributed by atoms with Gasteiger partial charge in [-0.25, -0.2) is 17.8 Å². The van der Waals surface area contributed by atoms with Crippen molar-refractivity contribution in [2.24, 2.45) is 0 Å². The van der Waals surface area contributed by atoms with Gasteiger partial charge in [-0.2, -0.15) is 0 Å². The summed E-state index contributed by atoms with van der Waals surface area (Å²) >= 11 is 0. The third-order valence-electron chi connectivity index (χ3n) is 4.21. The maximum absolute atomic E-state index is 12.8. The molecule has 0 bridgehead atoms. The van der Waals surface area contributed by atoms with Crippen molar-refractivity contribution in [2.75, 3.05) is 11.9 Å². The minimum atomic E-state index is -3.80. The van der Waals surface area contributed by atoms with Crippen LogP contribution in [0.25, 0.3) is 5.69 Å². The fourth-order valence-electron chi connectivity index (χ4n) is 2.81. The maximum Gasteiger partial charge on any atom is 0.262 e. The number of ether oxygens (including phenoxy) is 1. The highest BCUT2D eigenvalue weighted by Gasteiger charge is 2.22. The Labute approximate surface area is 160 Å². The molecular weight excluding hydrogens is 384 g/mol. The van der Waals surface area contributed by atoms with Crippen LogP contribution in [-0.2, 0) is 14.8 Å². The number of benzene rings is 2. The van der Waals surface area contributed by atoms with Gasteiger partial charge < -0.3 is 10.1 Å². The van der Waals surface area contributed by atoms with E-state index in [2.05, 4.69) is 25.6 Å². The van der Waals surface area contributed by atoms with Gasteiger partial charge in [0.1, 0.15) is 12.1 Å². The van der Waals surface area contributed by atoms with Crippen molar-refractivity contribution in [3.63, 3.8) is 0 Å². The monoisotopic (exact) mass is 400 g/mol. The molecule has 0 aliphatic carbocycles. The van der Waals surface area contributed by atoms with E-state index < -0.39 is 16.1 Å². The van der Waals surface area contributed by atoms with Gasteiger partial charge in [0.25, 0.3) is 5.91 Å². The summed E-state index contributed by atoms with van der Waals surface area (Å²) in [5.74, 6) is 0.296. The van der Waals surface area contributed by atoms with Gasteiger partial charge in [0, 0.05) is 6.04 Å². The van der Waals surface area contributed by atoms with Crippen molar-refractivity contribution in [1.82, 2.24) is 24.9 Å². The molecule has 4 rings (SSSR count). The number of hydrogen-bond acceptors (Lipinski definition) is 7. The lowest BCUT2D eigenvalue weighted by molar-refractivity contribution is -0.118. The molecule has 2 heterocycles. The lowest BCUT2D eigenvalue weighted by atomic mass is 10.1. The number of nitrogens with one attached hydrogen (secondary N) is 2. The standard InChI is InChI=1S/C17H16N6O4S/c1-11(12-5-6-16-15(7-12)19-17(24)9-27-16)20-28(25,26)14-4-2-3-13(8-14)23-10-18-21-22-23/h2-8,10-11,20H,9H2,1H3,(H,19,24). The van der Waals surface area contributed by atoms with Crippen LogP contribution in [0.2, 0.25) is 0 Å². The van der Waals surface area contributed by atoms with E-state index in [4.69, 9.17) is 4.74 Å². The van der Waals surface area contributed by atoms with Gasteiger partial charge >= 0.3 is 0 Å². The van der Waals surface area contributed by atoms with Gasteiger partial charge in [0.2, 0.25) is 10.0 Å². The van der Waals surface area contributed by atoms with Gasteiger partial charge in [-0.05, 0) is 53.2 Å². The summed E-state index contributed by atoms with van der Waals surface area (Å²) in [6.07, 6.45) is 1.38. The molecule has 1 aromatic heterocycles. The lowest BCUT2D eigenvalue weighted by Gasteiger charge is -2.21. The van der Waals surface area contributed by atoms with Crippen LogP contribution in [0.4, 0.5) is 5.69 Å². The molecule has 2 aromatic carbocycles. The first-order valence-electron chi connectivity index (χ1n) is 8.35. The molecule has 144 valence electrons. The van der Waals surface area contributed by atoms with Crippen LogP contribution in [0.5, 0.6) is 5.75 Å². The normalized spacial score (nSPS) is 14.7. The zero-order chi connectivity index (χ0) is 19.7. The van der Waals surface area contributed by atoms with Crippen LogP contribution in [0, 0.1) is 0 Å². The zero-order valence-corrected chi connectivity index (χ0v) is 15.5. The van der Waals surface area contributed by atoms with Crippen LogP contribution in [0.3, 0.4) is 0 Å². The van der Waals surface area contributed by atoms with Crippen molar-refractivity contribution in [1.29, 1.82) is 0 Å². The predicted molar refractivity (Wildman–Crippen MR) is 98.5 cm³/mol. The summed E-state index contributed by atoms with van der Waals surface area (Å²) in [6.45, 7) is 1.68. The first kappa shape index (κ1) is 18.1. The van der Waals surface area contributed by atoms with Crippen LogP contribution in [-0.4, -0.2) is 41.1 Å². The van der Waals surface area contributed by atoms with Crippen LogP contribution < -0.4 is 14.8 Å². The molecule has 2 N–H and O–H groups in total. The van der Waals surface area contributed by atoms with Crippen LogP contribution in [0.15, 0.2) is 53.7 Å². The number of sulfonamides is 1. The second-order valence-electron chi connectivity index (χ2n) is 6.19. The molecule has 0 saturated heterocycles. The summed E-state index contributed by atoms with van der Waals surface area (Å²) in [7, 11) is -3.80. The summed E-state index contributed by atoms with van der Waals surface area (Å²) in [5.41, 5.74) is 1.72. The van der Waals surface area contributed by atoms with Gasteiger partial charge in [0.05, 0.1) is 16.3 Å². The Bertz CT molecular complexity index is 1130. The van der Waals surface area contributed by atoms with Gasteiger partial charge in [-0.3, -0.25) is 4.79 Å². The quantitative estimate of drug-likeness (QED) is 0.655. The van der Waals surface area contributed by atoms with E-state index in [1.807, 2.05) is 0 Å². The molecule has 0 saturated carbocycles. The molecule has 10 nitrogen and oxygen atoms in total. The molecule has 28 heavy (non-hydrogen) atoms. The average Bonchev–Trinajstić information content (AvgIpc) is 3.22. The van der Waals surface area contributed by atoms with E-state index in [1.54, 1.807) is 37.3 Å². The topological polar surface area (TPSA) is 128 Å². The predicted octanol–water partition coefficient (Wildman–Crippen LogP) is 1.03. The second kappa shape index (κ2) is 7.02. The number of rotatable bonds is 5. The number of fused-ring (bicyclic) bond motifs is 1. The molecule has 11 heteroatoms. The molecule has 0 spiro atoms. The van der Waals surface area contributed by atoms with Gasteiger partial charge in [0.15, 0.2) is 6.61 Å². The Hall–Kier alpha value is -3.31. The summed E-state index contributed by atoms with van der Waals surface area (Å²) in [6, 6.07) is 10.9. The third kappa shape index (κ3) is 3.57. The summed E-state index contributed by atoms with van der Waals surface area (Å²) in [5, 5.41) is 13.6. The Morgan fingerprint density at radius 2 is 2.11 bits per heavy atom. The number of anilines is 1. The summed E-state index contributed by atoms with van der Waals surface area (Å²) in [4.78, 5) is 11.6. The highest BCUT2D eigenvalue weighted by atomic mass is 32.2. The fourth-order valence-corrected chi connectivity index (χ4v) is 4.08. The maximum atomic E-state index is 12.8. The number of amides is 1. The molecule has 1 aliphatic rings. The van der Waals surface area contributed by atoms with E-state index in [0.717, 1.165) is 0 Å². The van der Waals surface area contributed by atoms with E-state index in [9.17, 15) is 13.2 Å². The number of hydrogen-bond donors (Lipinski definition) is 2. The largest absolute Gasteiger partial charge is 0.482 e. The minimum Gasteiger partial charge on any atom is -0.482 e. The number of aromatic nitrogens is 4. The second-order valence-corrected chi connectivity index (χ2v) is 7.90. The van der Waals surface area contributed by atoms with Gasteiger partial charge in [-0.1, -0.05) is 12.1 Å². The van der Waals surface area contributed by atoms with Crippen molar-refractivity contribution in [3.8, 4) is 11.4 Å². The van der Waals surface area contributed by atoms with E-state index in [0.29, 0.717) is 22.7 Å². The Morgan fingerprint density at radius 3 is 2.89 bits per heavy atom. The van der Waals surface area contributed by atoms with E-state index in [-0.39, 0.29) is 17.4 Å². The first-order chi connectivity index (χ1) is 13.4. The summed E-state index contributed by atoms with van der Waals surface area (Å²) < 4.78 is 35.0. The highest BCUT2D eigenvalue weighted by molar-refractivity contribution is 7.89. The fraction of sp³-hybridized carbons (Fsp3) is 0.176. The number of carbonyl (C=O) groups is 1. The molecule has 3 aromatic rings. The Balaban J connectivity index is 1.57.